The molecule has 3 aliphatic rings. The normalized spacial score (nSPS) is 38.1. The van der Waals surface area contributed by atoms with E-state index in [1.807, 2.05) is 6.92 Å². The van der Waals surface area contributed by atoms with Crippen LogP contribution >= 0.6 is 0 Å². The molecule has 170 valence electrons. The van der Waals surface area contributed by atoms with E-state index >= 15 is 0 Å². The first kappa shape index (κ1) is 23.8. The third kappa shape index (κ3) is 5.11. The van der Waals surface area contributed by atoms with Crippen LogP contribution in [0.5, 0.6) is 0 Å². The average Bonchev–Trinajstić information content (AvgIpc) is 2.99. The minimum atomic E-state index is -0.833. The van der Waals surface area contributed by atoms with Gasteiger partial charge in [-0.15, -0.1) is 0 Å². The second-order valence-electron chi connectivity index (χ2n) is 11.3. The van der Waals surface area contributed by atoms with Gasteiger partial charge in [-0.1, -0.05) is 50.6 Å². The maximum absolute atomic E-state index is 11.5. The van der Waals surface area contributed by atoms with Crippen LogP contribution in [0, 0.1) is 23.2 Å². The Bertz CT molecular complexity index is 686. The number of aliphatic hydroxyl groups is 3. The Morgan fingerprint density at radius 2 is 1.93 bits per heavy atom. The molecule has 3 heteroatoms. The fourth-order valence-corrected chi connectivity index (χ4v) is 6.90. The van der Waals surface area contributed by atoms with Crippen molar-refractivity contribution in [1.29, 1.82) is 0 Å². The number of hydrogen-bond acceptors (Lipinski definition) is 3. The van der Waals surface area contributed by atoms with Gasteiger partial charge >= 0.3 is 0 Å². The van der Waals surface area contributed by atoms with Gasteiger partial charge in [0.2, 0.25) is 0 Å². The lowest BCUT2D eigenvalue weighted by Gasteiger charge is -2.47. The average molecular weight is 417 g/mol. The van der Waals surface area contributed by atoms with E-state index in [4.69, 9.17) is 0 Å². The van der Waals surface area contributed by atoms with E-state index in [1.165, 1.54) is 16.7 Å². The highest BCUT2D eigenvalue weighted by atomic mass is 16.3. The van der Waals surface area contributed by atoms with Crippen molar-refractivity contribution in [3.8, 4) is 0 Å². The van der Waals surface area contributed by atoms with Gasteiger partial charge < -0.3 is 15.3 Å². The van der Waals surface area contributed by atoms with Crippen molar-refractivity contribution in [3.63, 3.8) is 0 Å². The second-order valence-corrected chi connectivity index (χ2v) is 11.3. The molecule has 0 aromatic rings. The SMILES string of the molecule is C=C1CC[C@@H](O)CC1=CC=C1CCC[C@@]2(C)[C@H]1CC[C@@H]2[C@@](C)(O)CC(O)CC(C)C. The standard InChI is InChI=1S/C27H44O3/c1-18(2)15-23(29)17-27(5,30)25-13-12-24-20(7-6-14-26(24,25)4)9-10-21-16-22(28)11-8-19(21)3/h9-10,18,22-25,28-30H,3,6-8,11-17H2,1-2,4-5H3/t22-,23?,24+,25+,26+,27+/m1/s1. The van der Waals surface area contributed by atoms with E-state index in [-0.39, 0.29) is 17.4 Å². The van der Waals surface area contributed by atoms with E-state index in [1.54, 1.807) is 0 Å². The molecule has 0 bridgehead atoms. The Hall–Kier alpha value is -0.900. The van der Waals surface area contributed by atoms with Crippen molar-refractivity contribution in [1.82, 2.24) is 0 Å². The Kier molecular flexibility index (Phi) is 7.37. The van der Waals surface area contributed by atoms with Crippen molar-refractivity contribution >= 4 is 0 Å². The number of hydrogen-bond donors (Lipinski definition) is 3. The summed E-state index contributed by atoms with van der Waals surface area (Å²) >= 11 is 0. The number of allylic oxidation sites excluding steroid dienone is 4. The van der Waals surface area contributed by atoms with E-state index in [0.29, 0.717) is 18.3 Å². The van der Waals surface area contributed by atoms with Crippen LogP contribution in [0.4, 0.5) is 0 Å². The highest BCUT2D eigenvalue weighted by Crippen LogP contribution is 2.60. The van der Waals surface area contributed by atoms with Crippen LogP contribution in [0.2, 0.25) is 0 Å². The fourth-order valence-electron chi connectivity index (χ4n) is 6.90. The third-order valence-electron chi connectivity index (χ3n) is 8.30. The summed E-state index contributed by atoms with van der Waals surface area (Å²) in [6.45, 7) is 12.8. The molecule has 0 aliphatic heterocycles. The maximum atomic E-state index is 11.5. The molecule has 3 N–H and O–H groups in total. The molecule has 3 saturated carbocycles. The van der Waals surface area contributed by atoms with Crippen molar-refractivity contribution in [3.05, 3.63) is 35.5 Å². The summed E-state index contributed by atoms with van der Waals surface area (Å²) in [5.74, 6) is 1.16. The summed E-state index contributed by atoms with van der Waals surface area (Å²) in [4.78, 5) is 0. The highest BCUT2D eigenvalue weighted by Gasteiger charge is 2.55. The van der Waals surface area contributed by atoms with Crippen LogP contribution in [0.15, 0.2) is 35.5 Å². The largest absolute Gasteiger partial charge is 0.393 e. The smallest absolute Gasteiger partial charge is 0.0677 e. The van der Waals surface area contributed by atoms with Crippen molar-refractivity contribution < 1.29 is 15.3 Å². The first-order valence-electron chi connectivity index (χ1n) is 12.2. The van der Waals surface area contributed by atoms with Crippen LogP contribution in [0.25, 0.3) is 0 Å². The second kappa shape index (κ2) is 9.30. The molecule has 0 heterocycles. The molecule has 0 radical (unpaired) electrons. The molecule has 0 aromatic carbocycles. The van der Waals surface area contributed by atoms with Crippen LogP contribution in [-0.2, 0) is 0 Å². The van der Waals surface area contributed by atoms with Crippen LogP contribution < -0.4 is 0 Å². The zero-order valence-electron chi connectivity index (χ0n) is 19.7. The lowest BCUT2D eigenvalue weighted by molar-refractivity contribution is -0.0867. The van der Waals surface area contributed by atoms with Gasteiger partial charge in [0, 0.05) is 6.42 Å². The van der Waals surface area contributed by atoms with Crippen LogP contribution in [0.3, 0.4) is 0 Å². The Morgan fingerprint density at radius 3 is 2.63 bits per heavy atom. The summed E-state index contributed by atoms with van der Waals surface area (Å²) in [5.41, 5.74) is 3.13. The number of fused-ring (bicyclic) bond motifs is 1. The predicted molar refractivity (Wildman–Crippen MR) is 124 cm³/mol. The van der Waals surface area contributed by atoms with Crippen molar-refractivity contribution in [2.75, 3.05) is 0 Å². The summed E-state index contributed by atoms with van der Waals surface area (Å²) in [6.07, 6.45) is 13.1. The lowest BCUT2D eigenvalue weighted by Crippen LogP contribution is -2.47. The van der Waals surface area contributed by atoms with Gasteiger partial charge in [-0.3, -0.25) is 0 Å². The summed E-state index contributed by atoms with van der Waals surface area (Å²) in [6, 6.07) is 0. The molecule has 3 rings (SSSR count). The van der Waals surface area contributed by atoms with E-state index in [2.05, 4.69) is 39.5 Å². The van der Waals surface area contributed by atoms with Gasteiger partial charge in [-0.25, -0.2) is 0 Å². The summed E-state index contributed by atoms with van der Waals surface area (Å²) < 4.78 is 0. The lowest BCUT2D eigenvalue weighted by atomic mass is 9.59. The minimum absolute atomic E-state index is 0.0900. The number of aliphatic hydroxyl groups excluding tert-OH is 2. The first-order valence-corrected chi connectivity index (χ1v) is 12.2. The molecule has 6 atom stereocenters. The summed E-state index contributed by atoms with van der Waals surface area (Å²) in [7, 11) is 0. The maximum Gasteiger partial charge on any atom is 0.0677 e. The topological polar surface area (TPSA) is 60.7 Å². The monoisotopic (exact) mass is 416 g/mol. The van der Waals surface area contributed by atoms with E-state index < -0.39 is 11.7 Å². The minimum Gasteiger partial charge on any atom is -0.393 e. The Labute approximate surface area is 184 Å². The Morgan fingerprint density at radius 1 is 1.20 bits per heavy atom. The summed E-state index contributed by atoms with van der Waals surface area (Å²) in [5, 5.41) is 32.0. The molecule has 30 heavy (non-hydrogen) atoms. The number of rotatable bonds is 6. The zero-order chi connectivity index (χ0) is 22.1. The predicted octanol–water partition coefficient (Wildman–Crippen LogP) is 5.70. The molecular formula is C27H44O3. The van der Waals surface area contributed by atoms with Gasteiger partial charge in [0.1, 0.15) is 0 Å². The van der Waals surface area contributed by atoms with E-state index in [9.17, 15) is 15.3 Å². The van der Waals surface area contributed by atoms with Crippen molar-refractivity contribution in [2.24, 2.45) is 23.2 Å². The molecule has 3 aliphatic carbocycles. The van der Waals surface area contributed by atoms with Gasteiger partial charge in [0.15, 0.2) is 0 Å². The molecule has 0 saturated heterocycles. The third-order valence-corrected chi connectivity index (χ3v) is 8.30. The Balaban J connectivity index is 1.77. The zero-order valence-corrected chi connectivity index (χ0v) is 19.7. The quantitative estimate of drug-likeness (QED) is 0.520. The van der Waals surface area contributed by atoms with Gasteiger partial charge in [-0.2, -0.15) is 0 Å². The van der Waals surface area contributed by atoms with Crippen molar-refractivity contribution in [2.45, 2.75) is 110 Å². The van der Waals surface area contributed by atoms with Gasteiger partial charge in [0.05, 0.1) is 17.8 Å². The van der Waals surface area contributed by atoms with Gasteiger partial charge in [-0.05, 0) is 93.5 Å². The van der Waals surface area contributed by atoms with Crippen LogP contribution in [-0.4, -0.2) is 33.1 Å². The molecule has 3 nitrogen and oxygen atoms in total. The van der Waals surface area contributed by atoms with Gasteiger partial charge in [0.25, 0.3) is 0 Å². The molecule has 1 unspecified atom stereocenters. The molecule has 0 amide bonds. The fraction of sp³-hybridized carbons (Fsp3) is 0.778. The molecular weight excluding hydrogens is 372 g/mol. The molecule has 0 aromatic heterocycles. The van der Waals surface area contributed by atoms with E-state index in [0.717, 1.165) is 57.8 Å². The molecule has 0 spiro atoms. The highest BCUT2D eigenvalue weighted by molar-refractivity contribution is 5.36. The molecule has 3 fully saturated rings. The van der Waals surface area contributed by atoms with Crippen LogP contribution in [0.1, 0.15) is 91.9 Å². The first-order chi connectivity index (χ1) is 14.0.